The predicted octanol–water partition coefficient (Wildman–Crippen LogP) is 0.866. The van der Waals surface area contributed by atoms with Crippen molar-refractivity contribution < 1.29 is 5.11 Å². The molecule has 0 saturated carbocycles. The van der Waals surface area contributed by atoms with Crippen LogP contribution in [-0.4, -0.2) is 41.7 Å². The predicted molar refractivity (Wildman–Crippen MR) is 66.7 cm³/mol. The van der Waals surface area contributed by atoms with Gasteiger partial charge in [0.05, 0.1) is 13.2 Å². The average molecular weight is 243 g/mol. The summed E-state index contributed by atoms with van der Waals surface area (Å²) >= 11 is 1.53. The Morgan fingerprint density at radius 3 is 3.00 bits per heavy atom. The van der Waals surface area contributed by atoms with Gasteiger partial charge in [-0.15, -0.1) is 0 Å². The van der Waals surface area contributed by atoms with Crippen LogP contribution in [-0.2, 0) is 0 Å². The van der Waals surface area contributed by atoms with Crippen molar-refractivity contribution in [3.05, 3.63) is 28.0 Å². The Morgan fingerprint density at radius 2 is 2.44 bits per heavy atom. The Bertz CT molecular complexity index is 281. The minimum Gasteiger partial charge on any atom is -0.395 e. The first-order valence-corrected chi connectivity index (χ1v) is 6.00. The van der Waals surface area contributed by atoms with Gasteiger partial charge in [-0.2, -0.15) is 4.91 Å². The van der Waals surface area contributed by atoms with E-state index in [0.29, 0.717) is 13.1 Å². The molecule has 5 nitrogen and oxygen atoms in total. The fraction of sp³-hybridized carbons (Fsp3) is 0.600. The number of rotatable bonds is 7. The summed E-state index contributed by atoms with van der Waals surface area (Å²) in [5.74, 6) is 0. The van der Waals surface area contributed by atoms with Crippen LogP contribution in [0.2, 0.25) is 0 Å². The first-order valence-electron chi connectivity index (χ1n) is 5.23. The Kier molecular flexibility index (Phi) is 6.32. The van der Waals surface area contributed by atoms with Crippen LogP contribution in [0, 0.1) is 4.91 Å². The van der Waals surface area contributed by atoms with Gasteiger partial charge in [-0.25, -0.2) is 4.31 Å². The summed E-state index contributed by atoms with van der Waals surface area (Å²) in [4.78, 5) is 11.2. The fourth-order valence-electron chi connectivity index (χ4n) is 1.30. The number of aliphatic hydroxyl groups excluding tert-OH is 1. The number of nitrogens with zero attached hydrogens (tertiary/aromatic N) is 2. The minimum atomic E-state index is 0.0718. The lowest BCUT2D eigenvalue weighted by atomic mass is 10.1. The summed E-state index contributed by atoms with van der Waals surface area (Å²) in [6.45, 7) is 1.38. The second kappa shape index (κ2) is 7.56. The lowest BCUT2D eigenvalue weighted by Gasteiger charge is -2.20. The first-order chi connectivity index (χ1) is 7.76. The third-order valence-corrected chi connectivity index (χ3v) is 3.26. The Hall–Kier alpha value is -0.690. The number of hydrogen-bond donors (Lipinski definition) is 2. The van der Waals surface area contributed by atoms with E-state index in [0.717, 1.165) is 11.3 Å². The van der Waals surface area contributed by atoms with Crippen molar-refractivity contribution in [3.63, 3.8) is 0 Å². The van der Waals surface area contributed by atoms with Crippen LogP contribution >= 0.6 is 11.9 Å². The molecule has 0 heterocycles. The van der Waals surface area contributed by atoms with E-state index in [1.807, 2.05) is 16.5 Å². The van der Waals surface area contributed by atoms with Crippen molar-refractivity contribution in [2.45, 2.75) is 12.5 Å². The van der Waals surface area contributed by atoms with Gasteiger partial charge >= 0.3 is 0 Å². The summed E-state index contributed by atoms with van der Waals surface area (Å²) in [5, 5.41) is 11.7. The quantitative estimate of drug-likeness (QED) is 0.512. The summed E-state index contributed by atoms with van der Waals surface area (Å²) in [7, 11) is 0. The molecule has 0 aromatic carbocycles. The van der Waals surface area contributed by atoms with Gasteiger partial charge in [0.1, 0.15) is 0 Å². The van der Waals surface area contributed by atoms with E-state index in [4.69, 9.17) is 10.8 Å². The zero-order chi connectivity index (χ0) is 11.8. The molecule has 0 saturated heterocycles. The van der Waals surface area contributed by atoms with E-state index in [-0.39, 0.29) is 19.2 Å². The van der Waals surface area contributed by atoms with E-state index in [2.05, 4.69) is 11.3 Å². The number of nitroso groups, excluding NO2 is 1. The molecule has 0 aromatic heterocycles. The molecule has 0 aromatic rings. The molecule has 0 amide bonds. The van der Waals surface area contributed by atoms with E-state index in [9.17, 15) is 4.91 Å². The van der Waals surface area contributed by atoms with Crippen molar-refractivity contribution in [2.75, 3.05) is 26.2 Å². The van der Waals surface area contributed by atoms with Gasteiger partial charge in [-0.05, 0) is 18.4 Å². The maximum Gasteiger partial charge on any atom is 0.0947 e. The molecular formula is C10H17N3O2S. The molecular weight excluding hydrogens is 226 g/mol. The van der Waals surface area contributed by atoms with Crippen molar-refractivity contribution in [1.29, 1.82) is 0 Å². The van der Waals surface area contributed by atoms with Crippen molar-refractivity contribution in [3.8, 4) is 0 Å². The van der Waals surface area contributed by atoms with Gasteiger partial charge in [0.25, 0.3) is 0 Å². The number of hydrogen-bond acceptors (Lipinski definition) is 6. The lowest BCUT2D eigenvalue weighted by molar-refractivity contribution is 0.263. The fourth-order valence-corrected chi connectivity index (χ4v) is 2.26. The van der Waals surface area contributed by atoms with Crippen LogP contribution in [0.4, 0.5) is 0 Å². The summed E-state index contributed by atoms with van der Waals surface area (Å²) in [5.41, 5.74) is 5.72. The highest BCUT2D eigenvalue weighted by atomic mass is 32.2. The molecule has 0 bridgehead atoms. The second-order valence-electron chi connectivity index (χ2n) is 3.46. The van der Waals surface area contributed by atoms with Crippen LogP contribution in [0.1, 0.15) is 6.42 Å². The molecule has 1 unspecified atom stereocenters. The highest BCUT2D eigenvalue weighted by Crippen LogP contribution is 2.25. The average Bonchev–Trinajstić information content (AvgIpc) is 2.29. The van der Waals surface area contributed by atoms with Crippen molar-refractivity contribution >= 4 is 11.9 Å². The standard InChI is InChI=1S/C10H17N3O2S/c11-9-1-3-10(4-2-9)16-13(7-8-14)6-5-12-15/h1,3-4,9,14H,2,5-8,11H2. The molecule has 0 radical (unpaired) electrons. The van der Waals surface area contributed by atoms with E-state index in [1.54, 1.807) is 0 Å². The molecule has 1 aliphatic rings. The summed E-state index contributed by atoms with van der Waals surface area (Å²) in [6.07, 6.45) is 6.82. The van der Waals surface area contributed by atoms with Crippen LogP contribution < -0.4 is 5.73 Å². The first kappa shape index (κ1) is 13.4. The van der Waals surface area contributed by atoms with Gasteiger partial charge in [0, 0.05) is 24.0 Å². The number of aliphatic hydroxyl groups is 1. The zero-order valence-electron chi connectivity index (χ0n) is 9.08. The van der Waals surface area contributed by atoms with E-state index < -0.39 is 0 Å². The maximum atomic E-state index is 10.1. The molecule has 3 N–H and O–H groups in total. The zero-order valence-corrected chi connectivity index (χ0v) is 9.90. The summed E-state index contributed by atoms with van der Waals surface area (Å²) in [6, 6.07) is 0.104. The van der Waals surface area contributed by atoms with Crippen LogP contribution in [0.5, 0.6) is 0 Å². The molecule has 1 atom stereocenters. The highest BCUT2D eigenvalue weighted by molar-refractivity contribution is 8.01. The van der Waals surface area contributed by atoms with Crippen LogP contribution in [0.3, 0.4) is 0 Å². The van der Waals surface area contributed by atoms with Gasteiger partial charge in [0.15, 0.2) is 0 Å². The van der Waals surface area contributed by atoms with Crippen molar-refractivity contribution in [1.82, 2.24) is 4.31 Å². The number of allylic oxidation sites excluding steroid dienone is 1. The second-order valence-corrected chi connectivity index (χ2v) is 4.63. The van der Waals surface area contributed by atoms with E-state index >= 15 is 0 Å². The Morgan fingerprint density at radius 1 is 1.62 bits per heavy atom. The topological polar surface area (TPSA) is 78.9 Å². The highest BCUT2D eigenvalue weighted by Gasteiger charge is 2.10. The Balaban J connectivity index is 2.41. The molecule has 0 spiro atoms. The lowest BCUT2D eigenvalue weighted by Crippen LogP contribution is -2.23. The SMILES string of the molecule is NC1C=CC(SN(CCO)CCN=O)=CC1. The Labute approximate surface area is 99.5 Å². The van der Waals surface area contributed by atoms with Crippen molar-refractivity contribution in [2.24, 2.45) is 10.9 Å². The van der Waals surface area contributed by atoms with Gasteiger partial charge < -0.3 is 10.8 Å². The van der Waals surface area contributed by atoms with Crippen LogP contribution in [0.25, 0.3) is 0 Å². The monoisotopic (exact) mass is 243 g/mol. The third-order valence-electron chi connectivity index (χ3n) is 2.12. The molecule has 1 aliphatic carbocycles. The van der Waals surface area contributed by atoms with Gasteiger partial charge in [-0.3, -0.25) is 0 Å². The summed E-state index contributed by atoms with van der Waals surface area (Å²) < 4.78 is 1.93. The maximum absolute atomic E-state index is 10.1. The van der Waals surface area contributed by atoms with Crippen LogP contribution in [0.15, 0.2) is 28.3 Å². The minimum absolute atomic E-state index is 0.0718. The molecule has 90 valence electrons. The smallest absolute Gasteiger partial charge is 0.0947 e. The normalized spacial score (nSPS) is 19.9. The molecule has 6 heteroatoms. The largest absolute Gasteiger partial charge is 0.395 e. The molecule has 16 heavy (non-hydrogen) atoms. The molecule has 0 aliphatic heterocycles. The third kappa shape index (κ3) is 4.89. The van der Waals surface area contributed by atoms with Gasteiger partial charge in [-0.1, -0.05) is 23.4 Å². The number of nitrogens with two attached hydrogens (primary N) is 1. The molecule has 1 rings (SSSR count). The van der Waals surface area contributed by atoms with Gasteiger partial charge in [0.2, 0.25) is 0 Å². The molecule has 0 fully saturated rings. The van der Waals surface area contributed by atoms with E-state index in [1.165, 1.54) is 11.9 Å².